The number of hydrogen-bond donors (Lipinski definition) is 4. The van der Waals surface area contributed by atoms with Gasteiger partial charge in [0.2, 0.25) is 5.91 Å². The monoisotopic (exact) mass is 654 g/mol. The second-order valence-corrected chi connectivity index (χ2v) is 12.1. The average Bonchev–Trinajstić information content (AvgIpc) is 2.95. The van der Waals surface area contributed by atoms with Crippen molar-refractivity contribution in [3.05, 3.63) is 82.3 Å². The van der Waals surface area contributed by atoms with E-state index in [2.05, 4.69) is 20.7 Å². The fourth-order valence-electron chi connectivity index (χ4n) is 4.46. The number of hydrogen-bond acceptors (Lipinski definition) is 6. The van der Waals surface area contributed by atoms with Gasteiger partial charge < -0.3 is 20.7 Å². The van der Waals surface area contributed by atoms with Gasteiger partial charge in [0.25, 0.3) is 15.9 Å². The summed E-state index contributed by atoms with van der Waals surface area (Å²) in [7, 11) is -4.19. The molecule has 2 amide bonds. The molecule has 0 radical (unpaired) electrons. The summed E-state index contributed by atoms with van der Waals surface area (Å²) in [5, 5.41) is 9.41. The Kier molecular flexibility index (Phi) is 12.8. The Labute approximate surface area is 262 Å². The Morgan fingerprint density at radius 1 is 0.929 bits per heavy atom. The first-order valence-electron chi connectivity index (χ1n) is 13.3. The number of halogens is 3. The summed E-state index contributed by atoms with van der Waals surface area (Å²) in [6, 6.07) is 17.0. The first kappa shape index (κ1) is 33.5. The molecular weight excluding hydrogens is 623 g/mol. The normalized spacial score (nSPS) is 13.5. The molecule has 3 aromatic carbocycles. The highest BCUT2D eigenvalue weighted by Crippen LogP contribution is 2.37. The van der Waals surface area contributed by atoms with E-state index in [0.717, 1.165) is 32.4 Å². The van der Waals surface area contributed by atoms with Crippen molar-refractivity contribution in [2.45, 2.75) is 30.6 Å². The van der Waals surface area contributed by atoms with Gasteiger partial charge in [-0.15, -0.1) is 12.4 Å². The highest BCUT2D eigenvalue weighted by molar-refractivity contribution is 7.92. The fourth-order valence-corrected chi connectivity index (χ4v) is 6.11. The lowest BCUT2D eigenvalue weighted by molar-refractivity contribution is -0.121. The zero-order valence-corrected chi connectivity index (χ0v) is 25.8. The molecule has 0 saturated carbocycles. The van der Waals surface area contributed by atoms with Crippen molar-refractivity contribution in [3.63, 3.8) is 0 Å². The van der Waals surface area contributed by atoms with Crippen LogP contribution in [-0.2, 0) is 14.8 Å². The van der Waals surface area contributed by atoms with Crippen LogP contribution in [0.1, 0.15) is 36.0 Å². The predicted octanol–water partition coefficient (Wildman–Crippen LogP) is 5.63. The topological polar surface area (TPSA) is 126 Å². The molecule has 1 aliphatic rings. The molecule has 1 saturated heterocycles. The van der Waals surface area contributed by atoms with Gasteiger partial charge in [0.1, 0.15) is 10.6 Å². The lowest BCUT2D eigenvalue weighted by Gasteiger charge is -2.22. The van der Waals surface area contributed by atoms with Gasteiger partial charge in [-0.25, -0.2) is 8.42 Å². The zero-order valence-electron chi connectivity index (χ0n) is 22.7. The van der Waals surface area contributed by atoms with Crippen LogP contribution in [0.4, 0.5) is 5.69 Å². The largest absolute Gasteiger partial charge is 0.454 e. The molecular formula is C29H33Cl3N4O5S. The van der Waals surface area contributed by atoms with E-state index in [1.165, 1.54) is 36.4 Å². The van der Waals surface area contributed by atoms with E-state index >= 15 is 0 Å². The summed E-state index contributed by atoms with van der Waals surface area (Å²) in [5.41, 5.74) is 0.294. The van der Waals surface area contributed by atoms with Crippen LogP contribution >= 0.6 is 35.6 Å². The van der Waals surface area contributed by atoms with Crippen molar-refractivity contribution >= 4 is 63.1 Å². The summed E-state index contributed by atoms with van der Waals surface area (Å²) in [6.45, 7) is 2.65. The van der Waals surface area contributed by atoms with Gasteiger partial charge in [-0.05, 0) is 80.7 Å². The van der Waals surface area contributed by atoms with Crippen LogP contribution in [0.25, 0.3) is 0 Å². The molecule has 1 fully saturated rings. The van der Waals surface area contributed by atoms with E-state index in [4.69, 9.17) is 27.9 Å². The second kappa shape index (κ2) is 16.0. The highest BCUT2D eigenvalue weighted by atomic mass is 35.5. The molecule has 226 valence electrons. The number of piperidine rings is 1. The lowest BCUT2D eigenvalue weighted by Crippen LogP contribution is -2.33. The number of carbonyl (C=O) groups excluding carboxylic acids is 2. The molecule has 0 bridgehead atoms. The molecule has 0 aromatic heterocycles. The first-order valence-corrected chi connectivity index (χ1v) is 15.6. The van der Waals surface area contributed by atoms with E-state index in [9.17, 15) is 18.0 Å². The summed E-state index contributed by atoms with van der Waals surface area (Å²) >= 11 is 12.3. The molecule has 1 aliphatic heterocycles. The Balaban J connectivity index is 0.00000484. The van der Waals surface area contributed by atoms with Gasteiger partial charge in [0.05, 0.1) is 10.6 Å². The van der Waals surface area contributed by atoms with Gasteiger partial charge >= 0.3 is 0 Å². The number of sulfonamides is 1. The van der Waals surface area contributed by atoms with Gasteiger partial charge in [-0.1, -0.05) is 47.5 Å². The molecule has 0 atom stereocenters. The molecule has 0 unspecified atom stereocenters. The number of benzene rings is 3. The first-order chi connectivity index (χ1) is 19.7. The molecule has 1 heterocycles. The van der Waals surface area contributed by atoms with Crippen molar-refractivity contribution in [1.82, 2.24) is 16.0 Å². The zero-order chi connectivity index (χ0) is 29.2. The third kappa shape index (κ3) is 9.50. The standard InChI is InChI=1S/C29H32Cl2N4O5S.ClH/c30-21-9-10-25(24(31)19-21)40-28-23(7-4-8-26(28)41(38,39)35-22-5-2-1-3-6-22)29(37)34-18-14-27(36)33-17-13-20-11-15-32-16-12-20;/h1-10,19-20,32,35H,11-18H2,(H,33,36)(H,34,37);1H. The molecule has 0 aliphatic carbocycles. The fraction of sp³-hybridized carbons (Fsp3) is 0.310. The van der Waals surface area contributed by atoms with E-state index in [1.807, 2.05) is 0 Å². The average molecular weight is 656 g/mol. The van der Waals surface area contributed by atoms with E-state index < -0.39 is 15.9 Å². The molecule has 4 rings (SSSR count). The third-order valence-corrected chi connectivity index (χ3v) is 8.55. The quantitative estimate of drug-likeness (QED) is 0.200. The van der Waals surface area contributed by atoms with Crippen LogP contribution in [0, 0.1) is 5.92 Å². The Hall–Kier alpha value is -3.02. The number of anilines is 1. The smallest absolute Gasteiger partial charge is 0.265 e. The third-order valence-electron chi connectivity index (χ3n) is 6.62. The minimum Gasteiger partial charge on any atom is -0.454 e. The van der Waals surface area contributed by atoms with Crippen LogP contribution in [-0.4, -0.2) is 46.4 Å². The van der Waals surface area contributed by atoms with Crippen LogP contribution in [0.3, 0.4) is 0 Å². The molecule has 42 heavy (non-hydrogen) atoms. The van der Waals surface area contributed by atoms with Crippen molar-refractivity contribution in [2.24, 2.45) is 5.92 Å². The maximum Gasteiger partial charge on any atom is 0.265 e. The number of amides is 2. The molecule has 0 spiro atoms. The molecule has 3 aromatic rings. The lowest BCUT2D eigenvalue weighted by atomic mass is 9.95. The number of ether oxygens (including phenoxy) is 1. The summed E-state index contributed by atoms with van der Waals surface area (Å²) < 4.78 is 35.3. The van der Waals surface area contributed by atoms with E-state index in [-0.39, 0.29) is 58.3 Å². The van der Waals surface area contributed by atoms with Crippen LogP contribution in [0.5, 0.6) is 11.5 Å². The van der Waals surface area contributed by atoms with Crippen LogP contribution in [0.2, 0.25) is 10.0 Å². The minimum absolute atomic E-state index is 0. The molecule has 4 N–H and O–H groups in total. The number of rotatable bonds is 12. The van der Waals surface area contributed by atoms with Gasteiger partial charge in [0, 0.05) is 30.2 Å². The number of nitrogens with one attached hydrogen (secondary N) is 4. The Morgan fingerprint density at radius 3 is 2.38 bits per heavy atom. The van der Waals surface area contributed by atoms with Gasteiger partial charge in [0.15, 0.2) is 5.75 Å². The molecule has 13 heteroatoms. The van der Waals surface area contributed by atoms with Crippen molar-refractivity contribution < 1.29 is 22.7 Å². The van der Waals surface area contributed by atoms with Crippen molar-refractivity contribution in [3.8, 4) is 11.5 Å². The number of carbonyl (C=O) groups is 2. The SMILES string of the molecule is Cl.O=C(CCNC(=O)c1cccc(S(=O)(=O)Nc2ccccc2)c1Oc1ccc(Cl)cc1Cl)NCCC1CCNCC1. The number of para-hydroxylation sites is 2. The second-order valence-electron chi connectivity index (χ2n) is 9.62. The van der Waals surface area contributed by atoms with Crippen LogP contribution < -0.4 is 25.4 Å². The maximum atomic E-state index is 13.4. The molecule has 9 nitrogen and oxygen atoms in total. The van der Waals surface area contributed by atoms with Gasteiger partial charge in [-0.2, -0.15) is 0 Å². The summed E-state index contributed by atoms with van der Waals surface area (Å²) in [4.78, 5) is 25.3. The van der Waals surface area contributed by atoms with Crippen LogP contribution in [0.15, 0.2) is 71.6 Å². The van der Waals surface area contributed by atoms with Crippen molar-refractivity contribution in [2.75, 3.05) is 30.9 Å². The van der Waals surface area contributed by atoms with E-state index in [0.29, 0.717) is 23.2 Å². The summed E-state index contributed by atoms with van der Waals surface area (Å²) in [5.74, 6) is -0.287. The van der Waals surface area contributed by atoms with E-state index in [1.54, 1.807) is 30.3 Å². The predicted molar refractivity (Wildman–Crippen MR) is 168 cm³/mol. The maximum absolute atomic E-state index is 13.4. The van der Waals surface area contributed by atoms with Crippen molar-refractivity contribution in [1.29, 1.82) is 0 Å². The Bertz CT molecular complexity index is 1470. The summed E-state index contributed by atoms with van der Waals surface area (Å²) in [6.07, 6.45) is 3.21. The minimum atomic E-state index is -4.19. The van der Waals surface area contributed by atoms with Gasteiger partial charge in [-0.3, -0.25) is 14.3 Å². The highest BCUT2D eigenvalue weighted by Gasteiger charge is 2.26. The Morgan fingerprint density at radius 2 is 1.67 bits per heavy atom.